The van der Waals surface area contributed by atoms with Gasteiger partial charge >= 0.3 is 12.1 Å². The van der Waals surface area contributed by atoms with Crippen molar-refractivity contribution in [3.63, 3.8) is 0 Å². The predicted molar refractivity (Wildman–Crippen MR) is 141 cm³/mol. The Morgan fingerprint density at radius 1 is 1.11 bits per heavy atom. The van der Waals surface area contributed by atoms with Gasteiger partial charge in [-0.1, -0.05) is 25.0 Å². The maximum absolute atomic E-state index is 13.8. The first kappa shape index (κ1) is 28.6. The highest BCUT2D eigenvalue weighted by Gasteiger charge is 2.37. The van der Waals surface area contributed by atoms with Crippen LogP contribution in [0.2, 0.25) is 0 Å². The largest absolute Gasteiger partial charge is 0.485 e. The van der Waals surface area contributed by atoms with Crippen LogP contribution in [0, 0.1) is 0 Å². The number of alkyl halides is 3. The molecule has 38 heavy (non-hydrogen) atoms. The molecule has 208 valence electrons. The van der Waals surface area contributed by atoms with Crippen LogP contribution in [0.15, 0.2) is 47.4 Å². The number of hydrogen-bond donors (Lipinski definition) is 0. The van der Waals surface area contributed by atoms with Gasteiger partial charge in [0.1, 0.15) is 17.5 Å². The zero-order valence-corrected chi connectivity index (χ0v) is 23.2. The molecule has 0 aromatic heterocycles. The van der Waals surface area contributed by atoms with E-state index in [-0.39, 0.29) is 18.7 Å². The van der Waals surface area contributed by atoms with Crippen molar-refractivity contribution in [1.82, 2.24) is 0 Å². The second-order valence-corrected chi connectivity index (χ2v) is 13.8. The average molecular weight is 572 g/mol. The quantitative estimate of drug-likeness (QED) is 0.368. The fourth-order valence-corrected chi connectivity index (χ4v) is 7.46. The Morgan fingerprint density at radius 3 is 2.47 bits per heavy atom. The van der Waals surface area contributed by atoms with Gasteiger partial charge in [-0.05, 0) is 69.5 Å². The normalized spacial score (nSPS) is 18.7. The predicted octanol–water partition coefficient (Wildman–Crippen LogP) is 6.22. The smallest absolute Gasteiger partial charge is 0.416 e. The molecule has 1 heterocycles. The Bertz CT molecular complexity index is 1270. The van der Waals surface area contributed by atoms with Crippen LogP contribution in [0.25, 0.3) is 0 Å². The summed E-state index contributed by atoms with van der Waals surface area (Å²) >= 11 is 1.74. The Hall–Kier alpha value is -2.40. The fourth-order valence-electron chi connectivity index (χ4n) is 4.58. The average Bonchev–Trinajstić information content (AvgIpc) is 3.34. The first-order valence-electron chi connectivity index (χ1n) is 12.6. The second kappa shape index (κ2) is 11.0. The lowest BCUT2D eigenvalue weighted by molar-refractivity contribution is -0.153. The minimum absolute atomic E-state index is 0.0544. The van der Waals surface area contributed by atoms with E-state index in [9.17, 15) is 26.4 Å². The molecule has 1 saturated carbocycles. The van der Waals surface area contributed by atoms with Crippen LogP contribution in [-0.4, -0.2) is 43.6 Å². The first-order valence-corrected chi connectivity index (χ1v) is 15.0. The van der Waals surface area contributed by atoms with Crippen molar-refractivity contribution in [3.8, 4) is 5.75 Å². The Labute approximate surface area is 225 Å². The van der Waals surface area contributed by atoms with Crippen molar-refractivity contribution in [3.05, 3.63) is 53.6 Å². The lowest BCUT2D eigenvalue weighted by Crippen LogP contribution is -2.45. The van der Waals surface area contributed by atoms with E-state index in [1.165, 1.54) is 18.9 Å². The number of carbonyl (C=O) groups is 1. The number of ether oxygens (including phenoxy) is 2. The summed E-state index contributed by atoms with van der Waals surface area (Å²) in [5, 5.41) is 0.490. The van der Waals surface area contributed by atoms with E-state index >= 15 is 0 Å². The number of fused-ring (bicyclic) bond motifs is 1. The molecular formula is C27H32F3NO5S2. The summed E-state index contributed by atoms with van der Waals surface area (Å²) in [6.45, 7) is 5.19. The Kier molecular flexibility index (Phi) is 8.28. The van der Waals surface area contributed by atoms with Gasteiger partial charge in [-0.3, -0.25) is 9.10 Å². The van der Waals surface area contributed by atoms with Crippen molar-refractivity contribution >= 4 is 33.4 Å². The lowest BCUT2D eigenvalue weighted by Gasteiger charge is -2.36. The molecule has 6 nitrogen and oxygen atoms in total. The number of hydrogen-bond acceptors (Lipinski definition) is 6. The van der Waals surface area contributed by atoms with Crippen molar-refractivity contribution in [2.45, 2.75) is 80.9 Å². The summed E-state index contributed by atoms with van der Waals surface area (Å²) in [6.07, 6.45) is -0.711. The molecule has 0 spiro atoms. The molecule has 11 heteroatoms. The third-order valence-electron chi connectivity index (χ3n) is 6.29. The van der Waals surface area contributed by atoms with E-state index in [2.05, 4.69) is 0 Å². The molecule has 1 atom stereocenters. The molecule has 1 aliphatic carbocycles. The molecule has 0 radical (unpaired) electrons. The third-order valence-corrected chi connectivity index (χ3v) is 9.58. The number of nitrogens with zero attached hydrogens (tertiary/aromatic N) is 1. The summed E-state index contributed by atoms with van der Waals surface area (Å²) < 4.78 is 80.3. The zero-order valence-electron chi connectivity index (χ0n) is 21.6. The molecule has 0 N–H and O–H groups in total. The number of esters is 1. The van der Waals surface area contributed by atoms with Crippen LogP contribution in [-0.2, 0) is 32.2 Å². The highest BCUT2D eigenvalue weighted by molar-refractivity contribution is 7.99. The van der Waals surface area contributed by atoms with Gasteiger partial charge < -0.3 is 9.47 Å². The monoisotopic (exact) mass is 571 g/mol. The molecule has 1 aliphatic heterocycles. The van der Waals surface area contributed by atoms with Gasteiger partial charge in [-0.15, -0.1) is 0 Å². The summed E-state index contributed by atoms with van der Waals surface area (Å²) in [6, 6.07) is 8.55. The number of carbonyl (C=O) groups excluding carboxylic acids is 1. The van der Waals surface area contributed by atoms with Crippen molar-refractivity contribution in [2.24, 2.45) is 0 Å². The van der Waals surface area contributed by atoms with Crippen molar-refractivity contribution in [1.29, 1.82) is 0 Å². The second-order valence-electron chi connectivity index (χ2n) is 10.6. The summed E-state index contributed by atoms with van der Waals surface area (Å²) in [7, 11) is -4.37. The molecule has 0 bridgehead atoms. The number of rotatable bonds is 7. The van der Waals surface area contributed by atoms with Crippen LogP contribution in [0.4, 0.5) is 18.9 Å². The zero-order chi connectivity index (χ0) is 27.7. The van der Waals surface area contributed by atoms with E-state index in [4.69, 9.17) is 9.47 Å². The van der Waals surface area contributed by atoms with E-state index in [1.54, 1.807) is 44.7 Å². The number of benzene rings is 2. The standard InChI is InChI=1S/C27H32F3NO5S2/c1-26(2,3)36-25(32)14-18-11-12-24-23(13-18)31(16-20(35-24)17-37-21-8-4-5-9-21)38(33,34)22-10-6-7-19(15-22)27(28,29)30/h6-7,10-13,15,20-21H,4-5,8-9,14,16-17H2,1-3H3/t20-/m1/s1. The summed E-state index contributed by atoms with van der Waals surface area (Å²) in [5.41, 5.74) is -1.04. The van der Waals surface area contributed by atoms with E-state index in [0.717, 1.165) is 35.3 Å². The highest BCUT2D eigenvalue weighted by Crippen LogP contribution is 2.40. The molecular weight excluding hydrogens is 539 g/mol. The number of halogens is 3. The number of sulfonamides is 1. The minimum Gasteiger partial charge on any atom is -0.485 e. The van der Waals surface area contributed by atoms with Gasteiger partial charge in [0.05, 0.1) is 29.1 Å². The van der Waals surface area contributed by atoms with Crippen LogP contribution in [0.3, 0.4) is 0 Å². The lowest BCUT2D eigenvalue weighted by atomic mass is 10.1. The molecule has 4 rings (SSSR count). The van der Waals surface area contributed by atoms with Gasteiger partial charge in [0, 0.05) is 11.0 Å². The Morgan fingerprint density at radius 2 is 1.82 bits per heavy atom. The van der Waals surface area contributed by atoms with Crippen molar-refractivity contribution in [2.75, 3.05) is 16.6 Å². The molecule has 0 unspecified atom stereocenters. The molecule has 0 saturated heterocycles. The first-order chi connectivity index (χ1) is 17.7. The SMILES string of the molecule is CC(C)(C)OC(=O)Cc1ccc2c(c1)N(S(=O)(=O)c1cccc(C(F)(F)F)c1)C[C@H](CSC1CCCC1)O2. The van der Waals surface area contributed by atoms with Crippen LogP contribution < -0.4 is 9.04 Å². The van der Waals surface area contributed by atoms with Crippen LogP contribution in [0.5, 0.6) is 5.75 Å². The maximum atomic E-state index is 13.8. The minimum atomic E-state index is -4.69. The van der Waals surface area contributed by atoms with E-state index in [1.807, 2.05) is 0 Å². The summed E-state index contributed by atoms with van der Waals surface area (Å²) in [5.74, 6) is 0.377. The molecule has 2 aliphatic rings. The molecule has 2 aromatic rings. The van der Waals surface area contributed by atoms with Crippen LogP contribution in [0.1, 0.15) is 57.6 Å². The van der Waals surface area contributed by atoms with E-state index < -0.39 is 44.3 Å². The number of anilines is 1. The highest BCUT2D eigenvalue weighted by atomic mass is 32.2. The van der Waals surface area contributed by atoms with Gasteiger partial charge in [0.15, 0.2) is 0 Å². The van der Waals surface area contributed by atoms with Gasteiger partial charge in [0.25, 0.3) is 10.0 Å². The molecule has 2 aromatic carbocycles. The fraction of sp³-hybridized carbons (Fsp3) is 0.519. The van der Waals surface area contributed by atoms with Crippen LogP contribution >= 0.6 is 11.8 Å². The maximum Gasteiger partial charge on any atom is 0.416 e. The third kappa shape index (κ3) is 6.97. The summed E-state index contributed by atoms with van der Waals surface area (Å²) in [4.78, 5) is 11.9. The molecule has 0 amide bonds. The number of thioether (sulfide) groups is 1. The topological polar surface area (TPSA) is 72.9 Å². The molecule has 1 fully saturated rings. The van der Waals surface area contributed by atoms with Gasteiger partial charge in [-0.2, -0.15) is 24.9 Å². The van der Waals surface area contributed by atoms with Gasteiger partial charge in [-0.25, -0.2) is 8.42 Å². The van der Waals surface area contributed by atoms with Gasteiger partial charge in [0.2, 0.25) is 0 Å². The van der Waals surface area contributed by atoms with E-state index in [0.29, 0.717) is 28.4 Å². The van der Waals surface area contributed by atoms with Crippen molar-refractivity contribution < 1.29 is 35.9 Å². The Balaban J connectivity index is 1.67.